The van der Waals surface area contributed by atoms with Gasteiger partial charge in [0.1, 0.15) is 5.76 Å². The number of rotatable bonds is 3. The van der Waals surface area contributed by atoms with Crippen LogP contribution in [0.3, 0.4) is 0 Å². The van der Waals surface area contributed by atoms with Gasteiger partial charge in [-0.2, -0.15) is 0 Å². The van der Waals surface area contributed by atoms with Crippen LogP contribution in [0.2, 0.25) is 0 Å². The minimum Gasteiger partial charge on any atom is -0.463 e. The standard InChI is InChI=1S/C9H14O4/c1-5-12-9(11)6(2)7(3)13-8(4)10/h5H2,1-4H3. The predicted molar refractivity (Wildman–Crippen MR) is 46.8 cm³/mol. The van der Waals surface area contributed by atoms with Gasteiger partial charge in [0.25, 0.3) is 0 Å². The Labute approximate surface area is 77.5 Å². The molecule has 0 aliphatic rings. The van der Waals surface area contributed by atoms with E-state index in [1.165, 1.54) is 6.92 Å². The molecule has 0 saturated carbocycles. The van der Waals surface area contributed by atoms with Gasteiger partial charge in [0.05, 0.1) is 12.2 Å². The van der Waals surface area contributed by atoms with Crippen molar-refractivity contribution >= 4 is 11.9 Å². The van der Waals surface area contributed by atoms with Gasteiger partial charge in [-0.25, -0.2) is 4.79 Å². The van der Waals surface area contributed by atoms with Crippen LogP contribution in [0.15, 0.2) is 11.3 Å². The molecule has 13 heavy (non-hydrogen) atoms. The normalized spacial score (nSPS) is 11.7. The van der Waals surface area contributed by atoms with Gasteiger partial charge >= 0.3 is 11.9 Å². The lowest BCUT2D eigenvalue weighted by Crippen LogP contribution is -2.09. The van der Waals surface area contributed by atoms with E-state index in [0.717, 1.165) is 0 Å². The van der Waals surface area contributed by atoms with Crippen molar-refractivity contribution in [1.29, 1.82) is 0 Å². The molecular weight excluding hydrogens is 172 g/mol. The molecule has 0 aliphatic carbocycles. The number of hydrogen-bond donors (Lipinski definition) is 0. The smallest absolute Gasteiger partial charge is 0.337 e. The second-order valence-electron chi connectivity index (χ2n) is 2.50. The van der Waals surface area contributed by atoms with Crippen molar-refractivity contribution in [2.75, 3.05) is 6.61 Å². The molecule has 0 aromatic rings. The van der Waals surface area contributed by atoms with Crippen molar-refractivity contribution in [2.24, 2.45) is 0 Å². The van der Waals surface area contributed by atoms with Gasteiger partial charge in [-0.15, -0.1) is 0 Å². The third-order valence-electron chi connectivity index (χ3n) is 1.41. The Morgan fingerprint density at radius 1 is 1.15 bits per heavy atom. The van der Waals surface area contributed by atoms with Crippen LogP contribution in [0.1, 0.15) is 27.7 Å². The number of hydrogen-bond acceptors (Lipinski definition) is 4. The van der Waals surface area contributed by atoms with Gasteiger partial charge in [-0.05, 0) is 20.8 Å². The quantitative estimate of drug-likeness (QED) is 0.380. The fourth-order valence-electron chi connectivity index (χ4n) is 0.675. The van der Waals surface area contributed by atoms with Gasteiger partial charge in [-0.3, -0.25) is 4.79 Å². The summed E-state index contributed by atoms with van der Waals surface area (Å²) in [6, 6.07) is 0. The first-order chi connectivity index (χ1) is 5.99. The lowest BCUT2D eigenvalue weighted by Gasteiger charge is -2.05. The van der Waals surface area contributed by atoms with Crippen LogP contribution in [0.4, 0.5) is 0 Å². The lowest BCUT2D eigenvalue weighted by atomic mass is 10.3. The van der Waals surface area contributed by atoms with E-state index in [0.29, 0.717) is 12.2 Å². The maximum Gasteiger partial charge on any atom is 0.337 e. The Morgan fingerprint density at radius 3 is 2.08 bits per heavy atom. The number of carbonyl (C=O) groups excluding carboxylic acids is 2. The van der Waals surface area contributed by atoms with Crippen LogP contribution in [-0.2, 0) is 19.1 Å². The number of allylic oxidation sites excluding steroid dienone is 1. The second kappa shape index (κ2) is 5.35. The zero-order chi connectivity index (χ0) is 10.4. The molecule has 4 heteroatoms. The fraction of sp³-hybridized carbons (Fsp3) is 0.556. The summed E-state index contributed by atoms with van der Waals surface area (Å²) in [7, 11) is 0. The molecule has 0 atom stereocenters. The molecule has 0 fully saturated rings. The van der Waals surface area contributed by atoms with E-state index in [9.17, 15) is 9.59 Å². The Bertz CT molecular complexity index is 240. The molecule has 0 N–H and O–H groups in total. The highest BCUT2D eigenvalue weighted by molar-refractivity contribution is 5.88. The first kappa shape index (κ1) is 11.7. The van der Waals surface area contributed by atoms with E-state index in [1.54, 1.807) is 20.8 Å². The van der Waals surface area contributed by atoms with E-state index < -0.39 is 11.9 Å². The summed E-state index contributed by atoms with van der Waals surface area (Å²) in [4.78, 5) is 21.6. The molecule has 4 nitrogen and oxygen atoms in total. The molecule has 0 aromatic heterocycles. The Kier molecular flexibility index (Phi) is 4.80. The summed E-state index contributed by atoms with van der Waals surface area (Å²) in [5.74, 6) is -0.617. The summed E-state index contributed by atoms with van der Waals surface area (Å²) in [5, 5.41) is 0. The first-order valence-electron chi connectivity index (χ1n) is 4.02. The largest absolute Gasteiger partial charge is 0.463 e. The van der Waals surface area contributed by atoms with Crippen molar-refractivity contribution < 1.29 is 19.1 Å². The van der Waals surface area contributed by atoms with E-state index in [1.807, 2.05) is 0 Å². The summed E-state index contributed by atoms with van der Waals surface area (Å²) >= 11 is 0. The minimum absolute atomic E-state index is 0.283. The Balaban J connectivity index is 4.41. The van der Waals surface area contributed by atoms with Crippen molar-refractivity contribution in [1.82, 2.24) is 0 Å². The number of carbonyl (C=O) groups is 2. The van der Waals surface area contributed by atoms with Gasteiger partial charge < -0.3 is 9.47 Å². The molecule has 0 saturated heterocycles. The SMILES string of the molecule is CCOC(=O)C(C)=C(C)OC(C)=O. The highest BCUT2D eigenvalue weighted by Gasteiger charge is 2.10. The zero-order valence-corrected chi connectivity index (χ0v) is 8.34. The first-order valence-corrected chi connectivity index (χ1v) is 4.02. The van der Waals surface area contributed by atoms with E-state index >= 15 is 0 Å². The molecule has 0 heterocycles. The average Bonchev–Trinajstić information content (AvgIpc) is 2.02. The monoisotopic (exact) mass is 186 g/mol. The van der Waals surface area contributed by atoms with Gasteiger partial charge in [-0.1, -0.05) is 0 Å². The van der Waals surface area contributed by atoms with Gasteiger partial charge in [0.15, 0.2) is 0 Å². The topological polar surface area (TPSA) is 52.6 Å². The van der Waals surface area contributed by atoms with Crippen molar-refractivity contribution in [2.45, 2.75) is 27.7 Å². The van der Waals surface area contributed by atoms with Crippen LogP contribution in [0, 0.1) is 0 Å². The summed E-state index contributed by atoms with van der Waals surface area (Å²) in [5.41, 5.74) is 0.317. The molecule has 0 rings (SSSR count). The Morgan fingerprint density at radius 2 is 1.69 bits per heavy atom. The fourth-order valence-corrected chi connectivity index (χ4v) is 0.675. The van der Waals surface area contributed by atoms with Gasteiger partial charge in [0.2, 0.25) is 0 Å². The highest BCUT2D eigenvalue weighted by atomic mass is 16.5. The highest BCUT2D eigenvalue weighted by Crippen LogP contribution is 2.07. The van der Waals surface area contributed by atoms with Crippen LogP contribution in [0.25, 0.3) is 0 Å². The van der Waals surface area contributed by atoms with Crippen molar-refractivity contribution in [3.8, 4) is 0 Å². The molecule has 0 radical (unpaired) electrons. The summed E-state index contributed by atoms with van der Waals surface area (Å²) in [6.07, 6.45) is 0. The van der Waals surface area contributed by atoms with Gasteiger partial charge in [0, 0.05) is 6.92 Å². The molecule has 0 aliphatic heterocycles. The van der Waals surface area contributed by atoms with Crippen LogP contribution < -0.4 is 0 Å². The number of ether oxygens (including phenoxy) is 2. The van der Waals surface area contributed by atoms with Crippen molar-refractivity contribution in [3.05, 3.63) is 11.3 Å². The average molecular weight is 186 g/mol. The predicted octanol–water partition coefficient (Wildman–Crippen LogP) is 1.41. The molecule has 0 aromatic carbocycles. The zero-order valence-electron chi connectivity index (χ0n) is 8.34. The van der Waals surface area contributed by atoms with E-state index in [4.69, 9.17) is 9.47 Å². The van der Waals surface area contributed by atoms with Crippen LogP contribution >= 0.6 is 0 Å². The third-order valence-corrected chi connectivity index (χ3v) is 1.41. The van der Waals surface area contributed by atoms with E-state index in [2.05, 4.69) is 0 Å². The van der Waals surface area contributed by atoms with Crippen LogP contribution in [-0.4, -0.2) is 18.5 Å². The summed E-state index contributed by atoms with van der Waals surface area (Å²) < 4.78 is 9.44. The maximum atomic E-state index is 11.1. The second-order valence-corrected chi connectivity index (χ2v) is 2.50. The molecular formula is C9H14O4. The maximum absolute atomic E-state index is 11.1. The minimum atomic E-state index is -0.457. The summed E-state index contributed by atoms with van der Waals surface area (Å²) in [6.45, 7) is 6.40. The molecule has 0 bridgehead atoms. The number of esters is 2. The molecule has 0 amide bonds. The Hall–Kier alpha value is -1.32. The molecule has 0 unspecified atom stereocenters. The molecule has 0 spiro atoms. The lowest BCUT2D eigenvalue weighted by molar-refractivity contribution is -0.139. The van der Waals surface area contributed by atoms with Crippen molar-refractivity contribution in [3.63, 3.8) is 0 Å². The van der Waals surface area contributed by atoms with E-state index in [-0.39, 0.29) is 5.76 Å². The third kappa shape index (κ3) is 4.30. The van der Waals surface area contributed by atoms with Crippen LogP contribution in [0.5, 0.6) is 0 Å². The molecule has 74 valence electrons.